The van der Waals surface area contributed by atoms with Crippen molar-refractivity contribution in [3.63, 3.8) is 0 Å². The molecule has 0 aliphatic carbocycles. The lowest BCUT2D eigenvalue weighted by Crippen LogP contribution is -2.13. The average molecular weight is 432 g/mol. The van der Waals surface area contributed by atoms with Crippen LogP contribution in [0.3, 0.4) is 0 Å². The van der Waals surface area contributed by atoms with Gasteiger partial charge in [-0.3, -0.25) is 9.71 Å². The molecule has 1 aromatic heterocycles. The summed E-state index contributed by atoms with van der Waals surface area (Å²) in [4.78, 5) is 15.2. The van der Waals surface area contributed by atoms with Crippen LogP contribution < -0.4 is 9.46 Å². The monoisotopic (exact) mass is 432 g/mol. The van der Waals surface area contributed by atoms with Crippen LogP contribution >= 0.6 is 0 Å². The maximum absolute atomic E-state index is 14.5. The number of phenolic OH excluding ortho intramolecular Hbond substituents is 1. The van der Waals surface area contributed by atoms with Crippen LogP contribution in [0.2, 0.25) is 0 Å². The number of pyridine rings is 1. The fourth-order valence-electron chi connectivity index (χ4n) is 2.70. The Bertz CT molecular complexity index is 1210. The predicted molar refractivity (Wildman–Crippen MR) is 106 cm³/mol. The number of methoxy groups -OCH3 is 2. The molecular weight excluding hydrogens is 415 g/mol. The summed E-state index contributed by atoms with van der Waals surface area (Å²) >= 11 is 0. The molecule has 0 bridgehead atoms. The maximum Gasteiger partial charge on any atom is 0.341 e. The molecule has 0 unspecified atom stereocenters. The Kier molecular flexibility index (Phi) is 5.88. The molecule has 156 valence electrons. The van der Waals surface area contributed by atoms with Crippen LogP contribution in [0.4, 0.5) is 10.1 Å². The molecule has 2 aromatic carbocycles. The van der Waals surface area contributed by atoms with Gasteiger partial charge < -0.3 is 14.6 Å². The molecule has 0 saturated carbocycles. The average Bonchev–Trinajstić information content (AvgIpc) is 2.73. The number of carbonyl (C=O) groups is 1. The van der Waals surface area contributed by atoms with E-state index >= 15 is 0 Å². The lowest BCUT2D eigenvalue weighted by Gasteiger charge is -2.11. The van der Waals surface area contributed by atoms with E-state index in [1.54, 1.807) is 6.07 Å². The first-order valence-electron chi connectivity index (χ1n) is 8.49. The quantitative estimate of drug-likeness (QED) is 0.575. The van der Waals surface area contributed by atoms with Gasteiger partial charge in [0.25, 0.3) is 10.0 Å². The molecule has 3 rings (SSSR count). The van der Waals surface area contributed by atoms with E-state index in [9.17, 15) is 22.7 Å². The Labute approximate surface area is 172 Å². The fourth-order valence-corrected chi connectivity index (χ4v) is 3.73. The maximum atomic E-state index is 14.5. The predicted octanol–water partition coefficient (Wildman–Crippen LogP) is 3.19. The first kappa shape index (κ1) is 21.1. The van der Waals surface area contributed by atoms with Crippen molar-refractivity contribution in [2.75, 3.05) is 18.9 Å². The van der Waals surface area contributed by atoms with Crippen molar-refractivity contribution in [3.8, 4) is 22.6 Å². The van der Waals surface area contributed by atoms with Crippen molar-refractivity contribution in [2.45, 2.75) is 4.90 Å². The van der Waals surface area contributed by atoms with Gasteiger partial charge in [0.05, 0.1) is 19.9 Å². The third-order valence-corrected chi connectivity index (χ3v) is 5.52. The number of esters is 1. The number of anilines is 1. The summed E-state index contributed by atoms with van der Waals surface area (Å²) in [6.45, 7) is 0. The molecule has 3 aromatic rings. The highest BCUT2D eigenvalue weighted by molar-refractivity contribution is 7.92. The number of nitrogens with one attached hydrogen (secondary N) is 1. The first-order valence-corrected chi connectivity index (χ1v) is 9.97. The van der Waals surface area contributed by atoms with Gasteiger partial charge in [0.15, 0.2) is 11.6 Å². The van der Waals surface area contributed by atoms with Gasteiger partial charge in [-0.1, -0.05) is 12.1 Å². The van der Waals surface area contributed by atoms with Crippen LogP contribution in [0.5, 0.6) is 11.5 Å². The van der Waals surface area contributed by atoms with Crippen molar-refractivity contribution >= 4 is 21.7 Å². The molecule has 0 aliphatic heterocycles. The topological polar surface area (TPSA) is 115 Å². The summed E-state index contributed by atoms with van der Waals surface area (Å²) in [6, 6.07) is 9.34. The van der Waals surface area contributed by atoms with E-state index in [0.29, 0.717) is 0 Å². The fraction of sp³-hybridized carbons (Fsp3) is 0.100. The van der Waals surface area contributed by atoms with Crippen molar-refractivity contribution in [3.05, 3.63) is 66.2 Å². The van der Waals surface area contributed by atoms with Gasteiger partial charge >= 0.3 is 5.97 Å². The van der Waals surface area contributed by atoms with Crippen LogP contribution in [-0.4, -0.2) is 38.7 Å². The zero-order chi connectivity index (χ0) is 21.9. The van der Waals surface area contributed by atoms with Gasteiger partial charge in [0, 0.05) is 29.6 Å². The standard InChI is InChI=1S/C20H17FN2O6S/c1-28-18-5-3-4-15(19(18)21)12-8-14(11-22-10-12)30(26,27)23-13-6-7-16(17(24)9-13)20(25)29-2/h3-11,23-24H,1-2H3. The normalized spacial score (nSPS) is 11.0. The molecule has 0 fully saturated rings. The second-order valence-electron chi connectivity index (χ2n) is 6.06. The highest BCUT2D eigenvalue weighted by Gasteiger charge is 2.19. The van der Waals surface area contributed by atoms with Crippen molar-refractivity contribution in [2.24, 2.45) is 0 Å². The number of ether oxygens (including phenoxy) is 2. The number of carbonyl (C=O) groups excluding carboxylic acids is 1. The first-order chi connectivity index (χ1) is 14.3. The van der Waals surface area contributed by atoms with E-state index in [-0.39, 0.29) is 33.0 Å². The summed E-state index contributed by atoms with van der Waals surface area (Å²) in [5, 5.41) is 9.93. The number of aromatic hydroxyl groups is 1. The molecule has 0 spiro atoms. The molecule has 0 saturated heterocycles. The minimum atomic E-state index is -4.12. The Balaban J connectivity index is 1.94. The minimum Gasteiger partial charge on any atom is -0.507 e. The number of phenols is 1. The Morgan fingerprint density at radius 1 is 1.13 bits per heavy atom. The van der Waals surface area contributed by atoms with Crippen molar-refractivity contribution < 1.29 is 32.2 Å². The summed E-state index contributed by atoms with van der Waals surface area (Å²) in [7, 11) is -1.64. The molecular formula is C20H17FN2O6S. The second kappa shape index (κ2) is 8.37. The van der Waals surface area contributed by atoms with Gasteiger partial charge in [0.2, 0.25) is 0 Å². The molecule has 10 heteroatoms. The van der Waals surface area contributed by atoms with Gasteiger partial charge in [-0.05, 0) is 24.3 Å². The Morgan fingerprint density at radius 2 is 1.90 bits per heavy atom. The highest BCUT2D eigenvalue weighted by Crippen LogP contribution is 2.30. The van der Waals surface area contributed by atoms with Gasteiger partial charge in [0.1, 0.15) is 16.2 Å². The molecule has 0 atom stereocenters. The zero-order valence-corrected chi connectivity index (χ0v) is 16.7. The molecule has 30 heavy (non-hydrogen) atoms. The van der Waals surface area contributed by atoms with Crippen LogP contribution in [0.15, 0.2) is 59.8 Å². The van der Waals surface area contributed by atoms with E-state index in [2.05, 4.69) is 14.4 Å². The van der Waals surface area contributed by atoms with E-state index in [4.69, 9.17) is 4.74 Å². The number of nitrogens with zero attached hydrogens (tertiary/aromatic N) is 1. The molecule has 8 nitrogen and oxygen atoms in total. The summed E-state index contributed by atoms with van der Waals surface area (Å²) in [5.41, 5.74) is 0.257. The largest absolute Gasteiger partial charge is 0.507 e. The highest BCUT2D eigenvalue weighted by atomic mass is 32.2. The molecule has 0 radical (unpaired) electrons. The molecule has 2 N–H and O–H groups in total. The van der Waals surface area contributed by atoms with Crippen LogP contribution in [-0.2, 0) is 14.8 Å². The number of hydrogen-bond acceptors (Lipinski definition) is 7. The lowest BCUT2D eigenvalue weighted by atomic mass is 10.1. The number of sulfonamides is 1. The van der Waals surface area contributed by atoms with Crippen molar-refractivity contribution in [1.29, 1.82) is 0 Å². The smallest absolute Gasteiger partial charge is 0.341 e. The number of halogens is 1. The second-order valence-corrected chi connectivity index (χ2v) is 7.74. The zero-order valence-electron chi connectivity index (χ0n) is 15.9. The number of rotatable bonds is 6. The minimum absolute atomic E-state index is 0.0121. The molecule has 1 heterocycles. The van der Waals surface area contributed by atoms with E-state index in [0.717, 1.165) is 19.4 Å². The molecule has 0 aliphatic rings. The van der Waals surface area contributed by atoms with Crippen molar-refractivity contribution in [1.82, 2.24) is 4.98 Å². The lowest BCUT2D eigenvalue weighted by molar-refractivity contribution is 0.0597. The summed E-state index contributed by atoms with van der Waals surface area (Å²) in [6.07, 6.45) is 2.43. The van der Waals surface area contributed by atoms with E-state index < -0.39 is 27.6 Å². The number of hydrogen-bond donors (Lipinski definition) is 2. The van der Waals surface area contributed by atoms with E-state index in [1.165, 1.54) is 43.6 Å². The molecule has 0 amide bonds. The number of benzene rings is 2. The van der Waals surface area contributed by atoms with Crippen LogP contribution in [0, 0.1) is 5.82 Å². The van der Waals surface area contributed by atoms with Crippen LogP contribution in [0.25, 0.3) is 11.1 Å². The van der Waals surface area contributed by atoms with Gasteiger partial charge in [-0.25, -0.2) is 17.6 Å². The summed E-state index contributed by atoms with van der Waals surface area (Å²) < 4.78 is 51.7. The number of aromatic nitrogens is 1. The SMILES string of the molecule is COC(=O)c1ccc(NS(=O)(=O)c2cncc(-c3cccc(OC)c3F)c2)cc1O. The van der Waals surface area contributed by atoms with Gasteiger partial charge in [-0.2, -0.15) is 0 Å². The third kappa shape index (κ3) is 4.18. The van der Waals surface area contributed by atoms with Crippen LogP contribution in [0.1, 0.15) is 10.4 Å². The summed E-state index contributed by atoms with van der Waals surface area (Å²) in [5.74, 6) is -1.85. The Morgan fingerprint density at radius 3 is 2.57 bits per heavy atom. The van der Waals surface area contributed by atoms with Gasteiger partial charge in [-0.15, -0.1) is 0 Å². The Hall–Kier alpha value is -3.66. The van der Waals surface area contributed by atoms with E-state index in [1.807, 2.05) is 0 Å². The third-order valence-electron chi connectivity index (χ3n) is 4.17.